The molecule has 0 rings (SSSR count). The molecule has 0 aliphatic heterocycles. The van der Waals surface area contributed by atoms with E-state index in [1.807, 2.05) is 21.1 Å². The van der Waals surface area contributed by atoms with Crippen LogP contribution >= 0.6 is 7.82 Å². The molecule has 2 unspecified atom stereocenters. The Labute approximate surface area is 476 Å². The average molecular weight is 1100 g/mol. The highest BCUT2D eigenvalue weighted by atomic mass is 31.2. The fraction of sp³-hybridized carbons (Fsp3) is 0.529. The van der Waals surface area contributed by atoms with Crippen LogP contribution < -0.4 is 4.89 Å². The highest BCUT2D eigenvalue weighted by molar-refractivity contribution is 7.45. The SMILES string of the molecule is CC/C=C\C/C=C\C/C=C\C/C=C\C/C=C\C/C=C\C/C=C\C/C=C\CCCCCCC(=O)OC(COC(=O)CCCCC/C=C\C/C=C\C/C=C\C/C=C\C/C=C\C/C=C\C/C=C\CC)COP(=O)([O-])OCC[N+](C)(C)C. The average Bonchev–Trinajstić information content (AvgIpc) is 3.41. The molecule has 0 radical (unpaired) electrons. The van der Waals surface area contributed by atoms with E-state index in [9.17, 15) is 19.0 Å². The summed E-state index contributed by atoms with van der Waals surface area (Å²) < 4.78 is 34.1. The summed E-state index contributed by atoms with van der Waals surface area (Å²) in [4.78, 5) is 37.9. The molecule has 0 aromatic carbocycles. The largest absolute Gasteiger partial charge is 0.756 e. The lowest BCUT2D eigenvalue weighted by molar-refractivity contribution is -0.870. The number of carbonyl (C=O) groups excluding carboxylic acids is 2. The van der Waals surface area contributed by atoms with Crippen LogP contribution in [0.4, 0.5) is 0 Å². The van der Waals surface area contributed by atoms with E-state index in [1.165, 1.54) is 0 Å². The second kappa shape index (κ2) is 56.8. The monoisotopic (exact) mass is 1100 g/mol. The van der Waals surface area contributed by atoms with Crippen LogP contribution in [0.15, 0.2) is 182 Å². The molecule has 2 atom stereocenters. The predicted molar refractivity (Wildman–Crippen MR) is 332 cm³/mol. The van der Waals surface area contributed by atoms with E-state index < -0.39 is 32.5 Å². The summed E-state index contributed by atoms with van der Waals surface area (Å²) in [6.07, 6.45) is 87.9. The van der Waals surface area contributed by atoms with Gasteiger partial charge in [-0.3, -0.25) is 14.2 Å². The molecule has 0 aliphatic carbocycles. The lowest BCUT2D eigenvalue weighted by atomic mass is 10.1. The highest BCUT2D eigenvalue weighted by Crippen LogP contribution is 2.38. The van der Waals surface area contributed by atoms with Crippen molar-refractivity contribution in [2.24, 2.45) is 0 Å². The minimum Gasteiger partial charge on any atom is -0.756 e. The van der Waals surface area contributed by atoms with Crippen molar-refractivity contribution in [3.05, 3.63) is 182 Å². The number of carbonyl (C=O) groups is 2. The number of phosphoric ester groups is 1. The van der Waals surface area contributed by atoms with Gasteiger partial charge >= 0.3 is 11.9 Å². The van der Waals surface area contributed by atoms with E-state index >= 15 is 0 Å². The summed E-state index contributed by atoms with van der Waals surface area (Å²) in [5.74, 6) is -0.921. The Morgan fingerprint density at radius 2 is 0.692 bits per heavy atom. The molecule has 0 saturated carbocycles. The normalized spacial score (nSPS) is 14.6. The lowest BCUT2D eigenvalue weighted by Gasteiger charge is -2.28. The number of hydrogen-bond acceptors (Lipinski definition) is 8. The van der Waals surface area contributed by atoms with E-state index in [4.69, 9.17) is 18.5 Å². The van der Waals surface area contributed by atoms with Crippen LogP contribution in [0.25, 0.3) is 0 Å². The molecule has 0 bridgehead atoms. The molecule has 10 heteroatoms. The molecule has 0 saturated heterocycles. The predicted octanol–water partition coefficient (Wildman–Crippen LogP) is 18.2. The number of nitrogens with zero attached hydrogens (tertiary/aromatic N) is 1. The van der Waals surface area contributed by atoms with Crippen LogP contribution in [0.3, 0.4) is 0 Å². The summed E-state index contributed by atoms with van der Waals surface area (Å²) in [7, 11) is 1.09. The first-order valence-corrected chi connectivity index (χ1v) is 31.0. The van der Waals surface area contributed by atoms with Crippen molar-refractivity contribution in [3.63, 3.8) is 0 Å². The van der Waals surface area contributed by atoms with E-state index in [2.05, 4.69) is 196 Å². The van der Waals surface area contributed by atoms with Gasteiger partial charge in [-0.25, -0.2) is 0 Å². The van der Waals surface area contributed by atoms with Gasteiger partial charge in [-0.15, -0.1) is 0 Å². The van der Waals surface area contributed by atoms with Gasteiger partial charge in [0.1, 0.15) is 19.8 Å². The van der Waals surface area contributed by atoms with Gasteiger partial charge in [0.2, 0.25) is 0 Å². The van der Waals surface area contributed by atoms with Crippen molar-refractivity contribution in [3.8, 4) is 0 Å². The highest BCUT2D eigenvalue weighted by Gasteiger charge is 2.21. The van der Waals surface area contributed by atoms with Crippen molar-refractivity contribution >= 4 is 19.8 Å². The standard InChI is InChI=1S/C68H106NO8P/c1-6-8-10-12-14-16-18-20-22-24-26-28-30-32-33-34-35-37-39-41-43-45-47-49-51-53-55-57-59-61-68(71)77-66(65-76-78(72,73)75-63-62-69(3,4)5)64-74-67(70)60-58-56-54-52-50-48-46-44-42-40-38-36-31-29-27-25-23-21-19-17-15-13-11-9-7-2/h8-11,14-17,20-23,26-29,32-33,35-38,41-44,47-50,66H,6-7,12-13,18-19,24-25,30-31,34,39-40,45-46,51-65H2,1-5H3/b10-8-,11-9-,16-14-,17-15-,22-20-,23-21-,28-26-,29-27-,33-32-,37-35-,38-36-,43-41-,44-42-,49-47-,50-48-. The van der Waals surface area contributed by atoms with Crippen LogP contribution in [-0.2, 0) is 32.7 Å². The smallest absolute Gasteiger partial charge is 0.306 e. The Kier molecular flexibility index (Phi) is 53.3. The molecule has 0 spiro atoms. The maximum absolute atomic E-state index is 12.8. The number of rotatable bonds is 51. The zero-order chi connectivity index (χ0) is 57.0. The maximum Gasteiger partial charge on any atom is 0.306 e. The van der Waals surface area contributed by atoms with Crippen LogP contribution in [0.1, 0.15) is 181 Å². The van der Waals surface area contributed by atoms with Gasteiger partial charge in [0.15, 0.2) is 6.10 Å². The van der Waals surface area contributed by atoms with Gasteiger partial charge in [-0.1, -0.05) is 215 Å². The van der Waals surface area contributed by atoms with Gasteiger partial charge < -0.3 is 27.9 Å². The number of ether oxygens (including phenoxy) is 2. The van der Waals surface area contributed by atoms with Gasteiger partial charge in [0, 0.05) is 12.8 Å². The van der Waals surface area contributed by atoms with Crippen LogP contribution in [-0.4, -0.2) is 70.0 Å². The third-order valence-electron chi connectivity index (χ3n) is 11.4. The van der Waals surface area contributed by atoms with Gasteiger partial charge in [0.25, 0.3) is 7.82 Å². The molecular weight excluding hydrogens is 990 g/mol. The second-order valence-corrected chi connectivity index (χ2v) is 21.3. The summed E-state index contributed by atoms with van der Waals surface area (Å²) in [6, 6.07) is 0. The molecule has 0 amide bonds. The molecule has 0 aromatic rings. The zero-order valence-electron chi connectivity index (χ0n) is 49.3. The van der Waals surface area contributed by atoms with E-state index in [-0.39, 0.29) is 26.1 Å². The summed E-state index contributed by atoms with van der Waals surface area (Å²) >= 11 is 0. The minimum atomic E-state index is -4.67. The molecule has 0 aliphatic rings. The Hall–Kier alpha value is -4.89. The van der Waals surface area contributed by atoms with Crippen molar-refractivity contribution in [1.82, 2.24) is 0 Å². The van der Waals surface area contributed by atoms with Crippen molar-refractivity contribution in [2.45, 2.75) is 187 Å². The Morgan fingerprint density at radius 1 is 0.397 bits per heavy atom. The second-order valence-electron chi connectivity index (χ2n) is 19.9. The van der Waals surface area contributed by atoms with Crippen LogP contribution in [0.2, 0.25) is 0 Å². The molecule has 0 heterocycles. The topological polar surface area (TPSA) is 111 Å². The number of phosphoric acid groups is 1. The van der Waals surface area contributed by atoms with Crippen molar-refractivity contribution < 1.29 is 42.1 Å². The van der Waals surface area contributed by atoms with Crippen LogP contribution in [0.5, 0.6) is 0 Å². The van der Waals surface area contributed by atoms with E-state index in [1.54, 1.807) is 0 Å². The number of unbranched alkanes of at least 4 members (excludes halogenated alkanes) is 7. The lowest BCUT2D eigenvalue weighted by Crippen LogP contribution is -2.37. The first-order valence-electron chi connectivity index (χ1n) is 29.5. The maximum atomic E-state index is 12.8. The molecule has 436 valence electrons. The number of likely N-dealkylation sites (N-methyl/N-ethyl adjacent to an activating group) is 1. The number of quaternary nitrogens is 1. The third-order valence-corrected chi connectivity index (χ3v) is 12.4. The Morgan fingerprint density at radius 3 is 1.03 bits per heavy atom. The zero-order valence-corrected chi connectivity index (χ0v) is 50.2. The first kappa shape index (κ1) is 73.1. The molecule has 78 heavy (non-hydrogen) atoms. The fourth-order valence-corrected chi connectivity index (χ4v) is 7.67. The minimum absolute atomic E-state index is 0.0540. The number of allylic oxidation sites excluding steroid dienone is 30. The Balaban J connectivity index is 4.37. The summed E-state index contributed by atoms with van der Waals surface area (Å²) in [5.41, 5.74) is 0. The van der Waals surface area contributed by atoms with Gasteiger partial charge in [-0.2, -0.15) is 0 Å². The quantitative estimate of drug-likeness (QED) is 0.0195. The molecule has 0 N–H and O–H groups in total. The summed E-state index contributed by atoms with van der Waals surface area (Å²) in [5, 5.41) is 0. The number of esters is 2. The number of hydrogen-bond donors (Lipinski definition) is 0. The van der Waals surface area contributed by atoms with Gasteiger partial charge in [-0.05, 0) is 135 Å². The van der Waals surface area contributed by atoms with Gasteiger partial charge in [0.05, 0.1) is 27.7 Å². The van der Waals surface area contributed by atoms with Crippen LogP contribution in [0, 0.1) is 0 Å². The van der Waals surface area contributed by atoms with Crippen molar-refractivity contribution in [1.29, 1.82) is 0 Å². The summed E-state index contributed by atoms with van der Waals surface area (Å²) in [6.45, 7) is 3.90. The fourth-order valence-electron chi connectivity index (χ4n) is 6.94. The molecule has 9 nitrogen and oxygen atoms in total. The van der Waals surface area contributed by atoms with E-state index in [0.717, 1.165) is 141 Å². The molecule has 0 fully saturated rings. The molecule has 0 aromatic heterocycles. The van der Waals surface area contributed by atoms with Crippen molar-refractivity contribution in [2.75, 3.05) is 47.5 Å². The first-order chi connectivity index (χ1) is 38.0. The Bertz CT molecular complexity index is 1970. The van der Waals surface area contributed by atoms with E-state index in [0.29, 0.717) is 23.9 Å². The molecular formula is C68H106NO8P. The third kappa shape index (κ3) is 60.3.